The molecule has 3 amide bonds. The van der Waals surface area contributed by atoms with Crippen LogP contribution in [-0.4, -0.2) is 52.9 Å². The third-order valence-electron chi connectivity index (χ3n) is 5.14. The Bertz CT molecular complexity index is 832. The fourth-order valence-electron chi connectivity index (χ4n) is 3.56. The van der Waals surface area contributed by atoms with E-state index in [1.165, 1.54) is 0 Å². The first kappa shape index (κ1) is 19.5. The van der Waals surface area contributed by atoms with Crippen LogP contribution in [0.25, 0.3) is 10.9 Å². The van der Waals surface area contributed by atoms with Crippen molar-refractivity contribution < 1.29 is 9.59 Å². The van der Waals surface area contributed by atoms with Gasteiger partial charge in [0.2, 0.25) is 5.91 Å². The Balaban J connectivity index is 1.57. The number of carbonyl (C=O) groups is 2. The van der Waals surface area contributed by atoms with E-state index < -0.39 is 0 Å². The highest BCUT2D eigenvalue weighted by molar-refractivity contribution is 6.31. The van der Waals surface area contributed by atoms with E-state index >= 15 is 0 Å². The molecule has 1 fully saturated rings. The average molecular weight is 391 g/mol. The van der Waals surface area contributed by atoms with Gasteiger partial charge in [0.15, 0.2) is 0 Å². The summed E-state index contributed by atoms with van der Waals surface area (Å²) in [6.45, 7) is 5.62. The van der Waals surface area contributed by atoms with Crippen molar-refractivity contribution in [2.24, 2.45) is 5.92 Å². The number of likely N-dealkylation sites (N-methyl/N-ethyl adjacent to an activating group) is 1. The Labute approximate surface area is 164 Å². The molecule has 0 saturated carbocycles. The highest BCUT2D eigenvalue weighted by Gasteiger charge is 2.29. The second kappa shape index (κ2) is 8.21. The molecule has 0 radical (unpaired) electrons. The molecule has 1 atom stereocenters. The summed E-state index contributed by atoms with van der Waals surface area (Å²) in [5.41, 5.74) is 1.92. The van der Waals surface area contributed by atoms with Gasteiger partial charge in [-0.1, -0.05) is 25.4 Å². The molecule has 1 saturated heterocycles. The summed E-state index contributed by atoms with van der Waals surface area (Å²) in [5, 5.41) is 4.67. The number of hydrogen-bond donors (Lipinski definition) is 2. The summed E-state index contributed by atoms with van der Waals surface area (Å²) in [5.74, 6) is 0.142. The Morgan fingerprint density at radius 2 is 2.15 bits per heavy atom. The lowest BCUT2D eigenvalue weighted by Crippen LogP contribution is -2.53. The smallest absolute Gasteiger partial charge is 0.317 e. The number of nitrogens with one attached hydrogen (secondary N) is 2. The number of H-pyrrole nitrogens is 1. The van der Waals surface area contributed by atoms with Crippen LogP contribution < -0.4 is 5.32 Å². The molecule has 0 bridgehead atoms. The standard InChI is InChI=1S/C20H27ClN4O2/c1-13(2)19(26)25-8-4-5-17(12-25)24(3)20(27)22-11-16-10-14-9-15(21)6-7-18(14)23-16/h6-7,9-10,13,17,23H,4-5,8,11-12H2,1-3H3,(H,22,27)/t17-/m1/s1. The maximum atomic E-state index is 12.6. The first-order valence-electron chi connectivity index (χ1n) is 9.41. The zero-order valence-corrected chi connectivity index (χ0v) is 16.8. The normalized spacial score (nSPS) is 17.4. The zero-order valence-electron chi connectivity index (χ0n) is 16.1. The molecule has 1 aliphatic rings. The zero-order chi connectivity index (χ0) is 19.6. The topological polar surface area (TPSA) is 68.4 Å². The highest BCUT2D eigenvalue weighted by Crippen LogP contribution is 2.20. The lowest BCUT2D eigenvalue weighted by Gasteiger charge is -2.38. The van der Waals surface area contributed by atoms with Gasteiger partial charge in [0, 0.05) is 47.7 Å². The molecule has 6 nitrogen and oxygen atoms in total. The van der Waals surface area contributed by atoms with E-state index in [4.69, 9.17) is 11.6 Å². The number of benzene rings is 1. The number of hydrogen-bond acceptors (Lipinski definition) is 2. The molecule has 146 valence electrons. The molecule has 1 aromatic carbocycles. The summed E-state index contributed by atoms with van der Waals surface area (Å²) in [6, 6.07) is 7.57. The van der Waals surface area contributed by atoms with Crippen molar-refractivity contribution in [2.45, 2.75) is 39.3 Å². The van der Waals surface area contributed by atoms with E-state index in [9.17, 15) is 9.59 Å². The number of likely N-dealkylation sites (tertiary alicyclic amines) is 1. The van der Waals surface area contributed by atoms with Gasteiger partial charge in [-0.25, -0.2) is 4.79 Å². The maximum Gasteiger partial charge on any atom is 0.317 e. The number of halogens is 1. The van der Waals surface area contributed by atoms with Crippen LogP contribution in [0.15, 0.2) is 24.3 Å². The van der Waals surface area contributed by atoms with E-state index in [0.717, 1.165) is 36.0 Å². The van der Waals surface area contributed by atoms with Gasteiger partial charge < -0.3 is 20.1 Å². The van der Waals surface area contributed by atoms with Crippen LogP contribution in [0.5, 0.6) is 0 Å². The maximum absolute atomic E-state index is 12.6. The molecule has 27 heavy (non-hydrogen) atoms. The van der Waals surface area contributed by atoms with Crippen LogP contribution in [0.2, 0.25) is 5.02 Å². The number of aromatic nitrogens is 1. The number of amides is 3. The minimum absolute atomic E-state index is 0.0154. The molecule has 0 aliphatic carbocycles. The number of urea groups is 1. The molecule has 2 heterocycles. The van der Waals surface area contributed by atoms with Gasteiger partial charge >= 0.3 is 6.03 Å². The molecule has 0 unspecified atom stereocenters. The Morgan fingerprint density at radius 1 is 1.37 bits per heavy atom. The van der Waals surface area contributed by atoms with Gasteiger partial charge in [-0.05, 0) is 37.1 Å². The van der Waals surface area contributed by atoms with Gasteiger partial charge in [-0.3, -0.25) is 4.79 Å². The molecule has 0 spiro atoms. The quantitative estimate of drug-likeness (QED) is 0.837. The monoisotopic (exact) mass is 390 g/mol. The summed E-state index contributed by atoms with van der Waals surface area (Å²) in [4.78, 5) is 31.7. The number of piperidine rings is 1. The molecule has 7 heteroatoms. The lowest BCUT2D eigenvalue weighted by molar-refractivity contribution is -0.136. The van der Waals surface area contributed by atoms with E-state index in [0.29, 0.717) is 18.1 Å². The average Bonchev–Trinajstić information content (AvgIpc) is 3.06. The van der Waals surface area contributed by atoms with Gasteiger partial charge in [0.25, 0.3) is 0 Å². The second-order valence-corrected chi connectivity index (χ2v) is 7.97. The molecule has 2 N–H and O–H groups in total. The summed E-state index contributed by atoms with van der Waals surface area (Å²) in [6.07, 6.45) is 1.83. The van der Waals surface area contributed by atoms with Crippen LogP contribution in [0.1, 0.15) is 32.4 Å². The van der Waals surface area contributed by atoms with E-state index in [1.807, 2.05) is 43.0 Å². The van der Waals surface area contributed by atoms with Crippen LogP contribution in [-0.2, 0) is 11.3 Å². The number of rotatable bonds is 4. The number of carbonyl (C=O) groups excluding carboxylic acids is 2. The van der Waals surface area contributed by atoms with Crippen LogP contribution >= 0.6 is 11.6 Å². The minimum atomic E-state index is -0.129. The van der Waals surface area contributed by atoms with Gasteiger partial charge in [-0.15, -0.1) is 0 Å². The summed E-state index contributed by atoms with van der Waals surface area (Å²) < 4.78 is 0. The van der Waals surface area contributed by atoms with E-state index in [2.05, 4.69) is 10.3 Å². The molecular weight excluding hydrogens is 364 g/mol. The fourth-order valence-corrected chi connectivity index (χ4v) is 3.74. The number of fused-ring (bicyclic) bond motifs is 1. The second-order valence-electron chi connectivity index (χ2n) is 7.53. The third kappa shape index (κ3) is 4.56. The van der Waals surface area contributed by atoms with Crippen molar-refractivity contribution in [3.8, 4) is 0 Å². The van der Waals surface area contributed by atoms with Crippen LogP contribution in [0.3, 0.4) is 0 Å². The first-order chi connectivity index (χ1) is 12.8. The van der Waals surface area contributed by atoms with Gasteiger partial charge in [0.1, 0.15) is 0 Å². The molecule has 2 aromatic rings. The van der Waals surface area contributed by atoms with Crippen LogP contribution in [0, 0.1) is 5.92 Å². The SMILES string of the molecule is CC(C)C(=O)N1CCC[C@@H](N(C)C(=O)NCc2cc3cc(Cl)ccc3[nH]2)C1. The first-order valence-corrected chi connectivity index (χ1v) is 9.79. The Morgan fingerprint density at radius 3 is 2.89 bits per heavy atom. The summed E-state index contributed by atoms with van der Waals surface area (Å²) in [7, 11) is 1.80. The largest absolute Gasteiger partial charge is 0.357 e. The lowest BCUT2D eigenvalue weighted by atomic mass is 10.0. The van der Waals surface area contributed by atoms with Gasteiger partial charge in [0.05, 0.1) is 12.6 Å². The predicted molar refractivity (Wildman–Crippen MR) is 108 cm³/mol. The Kier molecular flexibility index (Phi) is 5.95. The predicted octanol–water partition coefficient (Wildman–Crippen LogP) is 3.61. The fraction of sp³-hybridized carbons (Fsp3) is 0.500. The van der Waals surface area contributed by atoms with Crippen molar-refractivity contribution in [1.82, 2.24) is 20.1 Å². The molecule has 1 aliphatic heterocycles. The third-order valence-corrected chi connectivity index (χ3v) is 5.37. The number of aromatic amines is 1. The molecular formula is C20H27ClN4O2. The van der Waals surface area contributed by atoms with Crippen molar-refractivity contribution in [1.29, 1.82) is 0 Å². The highest BCUT2D eigenvalue weighted by atomic mass is 35.5. The van der Waals surface area contributed by atoms with Gasteiger partial charge in [-0.2, -0.15) is 0 Å². The minimum Gasteiger partial charge on any atom is -0.357 e. The van der Waals surface area contributed by atoms with E-state index in [1.54, 1.807) is 11.9 Å². The van der Waals surface area contributed by atoms with Crippen molar-refractivity contribution in [2.75, 3.05) is 20.1 Å². The number of nitrogens with zero attached hydrogens (tertiary/aromatic N) is 2. The van der Waals surface area contributed by atoms with Crippen LogP contribution in [0.4, 0.5) is 4.79 Å². The van der Waals surface area contributed by atoms with Crippen molar-refractivity contribution in [3.05, 3.63) is 35.0 Å². The summed E-state index contributed by atoms with van der Waals surface area (Å²) >= 11 is 6.02. The molecule has 1 aromatic heterocycles. The van der Waals surface area contributed by atoms with Crippen molar-refractivity contribution in [3.63, 3.8) is 0 Å². The van der Waals surface area contributed by atoms with Crippen molar-refractivity contribution >= 4 is 34.4 Å². The van der Waals surface area contributed by atoms with E-state index in [-0.39, 0.29) is 23.9 Å². The Hall–Kier alpha value is -2.21. The molecule has 3 rings (SSSR count).